The highest BCUT2D eigenvalue weighted by Crippen LogP contribution is 2.34. The van der Waals surface area contributed by atoms with Crippen molar-refractivity contribution < 1.29 is 13.2 Å². The van der Waals surface area contributed by atoms with Crippen LogP contribution in [0.1, 0.15) is 5.56 Å². The molecule has 0 atom stereocenters. The molecule has 0 unspecified atom stereocenters. The van der Waals surface area contributed by atoms with Crippen LogP contribution in [0.2, 0.25) is 15.1 Å². The standard InChI is InChI=1S/C12H5Cl3F3NO/c13-7-1-5(2-8(14)11(7)15)9-3-10(20)6(4-19-9)12(16,17)18/h1-4H,(H,19,20). The number of aromatic nitrogens is 1. The SMILES string of the molecule is O=c1cc(-c2cc(Cl)c(Cl)c(Cl)c2)[nH]cc1C(F)(F)F. The van der Waals surface area contributed by atoms with E-state index in [0.29, 0.717) is 11.8 Å². The Morgan fingerprint density at radius 3 is 2.00 bits per heavy atom. The van der Waals surface area contributed by atoms with Crippen LogP contribution in [0.15, 0.2) is 29.2 Å². The average Bonchev–Trinajstić information content (AvgIpc) is 2.33. The predicted molar refractivity (Wildman–Crippen MR) is 72.5 cm³/mol. The minimum atomic E-state index is -4.71. The molecule has 106 valence electrons. The number of pyridine rings is 1. The molecule has 0 aliphatic rings. The van der Waals surface area contributed by atoms with Gasteiger partial charge in [-0.25, -0.2) is 0 Å². The number of aromatic amines is 1. The molecule has 0 amide bonds. The van der Waals surface area contributed by atoms with E-state index in [0.717, 1.165) is 6.07 Å². The fourth-order valence-corrected chi connectivity index (χ4v) is 2.17. The lowest BCUT2D eigenvalue weighted by molar-refractivity contribution is -0.138. The Balaban J connectivity index is 2.56. The molecule has 1 heterocycles. The number of hydrogen-bond donors (Lipinski definition) is 1. The first-order chi connectivity index (χ1) is 9.20. The average molecular weight is 343 g/mol. The summed E-state index contributed by atoms with van der Waals surface area (Å²) < 4.78 is 37.5. The van der Waals surface area contributed by atoms with Crippen molar-refractivity contribution in [3.63, 3.8) is 0 Å². The maximum absolute atomic E-state index is 12.5. The van der Waals surface area contributed by atoms with E-state index in [2.05, 4.69) is 4.98 Å². The second-order valence-electron chi connectivity index (χ2n) is 3.88. The molecule has 0 aliphatic heterocycles. The highest BCUT2D eigenvalue weighted by molar-refractivity contribution is 6.48. The van der Waals surface area contributed by atoms with Crippen molar-refractivity contribution in [3.8, 4) is 11.3 Å². The zero-order valence-corrected chi connectivity index (χ0v) is 11.8. The monoisotopic (exact) mass is 341 g/mol. The normalized spacial score (nSPS) is 11.7. The molecule has 0 saturated carbocycles. The van der Waals surface area contributed by atoms with Gasteiger partial charge in [-0.05, 0) is 12.1 Å². The van der Waals surface area contributed by atoms with Gasteiger partial charge in [0.15, 0.2) is 5.43 Å². The highest BCUT2D eigenvalue weighted by atomic mass is 35.5. The molecule has 2 nitrogen and oxygen atoms in total. The summed E-state index contributed by atoms with van der Waals surface area (Å²) in [5.74, 6) is 0. The lowest BCUT2D eigenvalue weighted by Crippen LogP contribution is -2.19. The van der Waals surface area contributed by atoms with Crippen molar-refractivity contribution >= 4 is 34.8 Å². The Bertz CT molecular complexity index is 702. The largest absolute Gasteiger partial charge is 0.421 e. The summed E-state index contributed by atoms with van der Waals surface area (Å²) >= 11 is 17.4. The number of halogens is 6. The van der Waals surface area contributed by atoms with Gasteiger partial charge < -0.3 is 4.98 Å². The molecule has 20 heavy (non-hydrogen) atoms. The van der Waals surface area contributed by atoms with Crippen molar-refractivity contribution in [3.05, 3.63) is 55.3 Å². The summed E-state index contributed by atoms with van der Waals surface area (Å²) in [5, 5.41) is 0.399. The van der Waals surface area contributed by atoms with Crippen LogP contribution in [0, 0.1) is 0 Å². The Hall–Kier alpha value is -1.17. The first kappa shape index (κ1) is 15.2. The van der Waals surface area contributed by atoms with Gasteiger partial charge in [0.1, 0.15) is 5.56 Å². The Labute approximate surface area is 126 Å². The van der Waals surface area contributed by atoms with Gasteiger partial charge >= 0.3 is 6.18 Å². The third kappa shape index (κ3) is 2.95. The Morgan fingerprint density at radius 1 is 1.00 bits per heavy atom. The zero-order chi connectivity index (χ0) is 15.1. The van der Waals surface area contributed by atoms with Crippen molar-refractivity contribution in [2.45, 2.75) is 6.18 Å². The number of hydrogen-bond acceptors (Lipinski definition) is 1. The molecule has 0 radical (unpaired) electrons. The maximum atomic E-state index is 12.5. The number of rotatable bonds is 1. The summed E-state index contributed by atoms with van der Waals surface area (Å²) in [6, 6.07) is 3.63. The molecular formula is C12H5Cl3F3NO. The zero-order valence-electron chi connectivity index (χ0n) is 9.49. The summed E-state index contributed by atoms with van der Waals surface area (Å²) in [6.45, 7) is 0. The lowest BCUT2D eigenvalue weighted by Gasteiger charge is -2.08. The van der Waals surface area contributed by atoms with Crippen LogP contribution in [0.4, 0.5) is 13.2 Å². The third-order valence-electron chi connectivity index (χ3n) is 2.51. The minimum absolute atomic E-state index is 0.131. The van der Waals surface area contributed by atoms with Crippen LogP contribution >= 0.6 is 34.8 Å². The molecule has 1 aromatic heterocycles. The fourth-order valence-electron chi connectivity index (χ4n) is 1.57. The lowest BCUT2D eigenvalue weighted by atomic mass is 10.1. The second-order valence-corrected chi connectivity index (χ2v) is 5.07. The summed E-state index contributed by atoms with van der Waals surface area (Å²) in [7, 11) is 0. The molecular weight excluding hydrogens is 337 g/mol. The highest BCUT2D eigenvalue weighted by Gasteiger charge is 2.33. The van der Waals surface area contributed by atoms with Crippen LogP contribution in [0.3, 0.4) is 0 Å². The summed E-state index contributed by atoms with van der Waals surface area (Å²) in [5.41, 5.74) is -1.90. The van der Waals surface area contributed by atoms with Crippen molar-refractivity contribution in [1.82, 2.24) is 4.98 Å². The molecule has 0 fully saturated rings. The molecule has 0 spiro atoms. The topological polar surface area (TPSA) is 32.9 Å². The van der Waals surface area contributed by atoms with Gasteiger partial charge in [0.05, 0.1) is 15.1 Å². The van der Waals surface area contributed by atoms with Gasteiger partial charge in [0, 0.05) is 23.5 Å². The van der Waals surface area contributed by atoms with E-state index in [-0.39, 0.29) is 20.8 Å². The predicted octanol–water partition coefficient (Wildman–Crippen LogP) is 5.02. The van der Waals surface area contributed by atoms with Gasteiger partial charge in [-0.1, -0.05) is 34.8 Å². The van der Waals surface area contributed by atoms with Gasteiger partial charge in [-0.15, -0.1) is 0 Å². The van der Waals surface area contributed by atoms with Gasteiger partial charge in [-0.3, -0.25) is 4.79 Å². The van der Waals surface area contributed by atoms with E-state index in [9.17, 15) is 18.0 Å². The van der Waals surface area contributed by atoms with Crippen LogP contribution in [0.25, 0.3) is 11.3 Å². The third-order valence-corrected chi connectivity index (χ3v) is 3.71. The van der Waals surface area contributed by atoms with Gasteiger partial charge in [0.25, 0.3) is 0 Å². The molecule has 0 saturated heterocycles. The van der Waals surface area contributed by atoms with Crippen LogP contribution < -0.4 is 5.43 Å². The molecule has 2 rings (SSSR count). The summed E-state index contributed by atoms with van der Waals surface area (Å²) in [6.07, 6.45) is -4.10. The molecule has 1 aromatic carbocycles. The first-order valence-electron chi connectivity index (χ1n) is 5.15. The maximum Gasteiger partial charge on any atom is 0.421 e. The number of benzene rings is 1. The second kappa shape index (κ2) is 5.31. The molecule has 0 aliphatic carbocycles. The Kier molecular flexibility index (Phi) is 4.04. The van der Waals surface area contributed by atoms with Gasteiger partial charge in [0.2, 0.25) is 0 Å². The van der Waals surface area contributed by atoms with E-state index in [4.69, 9.17) is 34.8 Å². The van der Waals surface area contributed by atoms with E-state index >= 15 is 0 Å². The van der Waals surface area contributed by atoms with E-state index in [1.807, 2.05) is 0 Å². The van der Waals surface area contributed by atoms with E-state index < -0.39 is 17.2 Å². The van der Waals surface area contributed by atoms with Gasteiger partial charge in [-0.2, -0.15) is 13.2 Å². The number of nitrogens with one attached hydrogen (secondary N) is 1. The molecule has 1 N–H and O–H groups in total. The first-order valence-corrected chi connectivity index (χ1v) is 6.28. The fraction of sp³-hybridized carbons (Fsp3) is 0.0833. The number of H-pyrrole nitrogens is 1. The van der Waals surface area contributed by atoms with Crippen molar-refractivity contribution in [2.24, 2.45) is 0 Å². The van der Waals surface area contributed by atoms with E-state index in [1.165, 1.54) is 12.1 Å². The molecule has 0 bridgehead atoms. The molecule has 2 aromatic rings. The van der Waals surface area contributed by atoms with Crippen molar-refractivity contribution in [2.75, 3.05) is 0 Å². The van der Waals surface area contributed by atoms with E-state index in [1.54, 1.807) is 0 Å². The quantitative estimate of drug-likeness (QED) is 0.725. The van der Waals surface area contributed by atoms with Crippen LogP contribution in [-0.4, -0.2) is 4.98 Å². The minimum Gasteiger partial charge on any atom is -0.360 e. The summed E-state index contributed by atoms with van der Waals surface area (Å²) in [4.78, 5) is 13.9. The number of alkyl halides is 3. The van der Waals surface area contributed by atoms with Crippen LogP contribution in [-0.2, 0) is 6.18 Å². The van der Waals surface area contributed by atoms with Crippen LogP contribution in [0.5, 0.6) is 0 Å². The molecule has 8 heteroatoms. The smallest absolute Gasteiger partial charge is 0.360 e. The Morgan fingerprint density at radius 2 is 1.55 bits per heavy atom. The van der Waals surface area contributed by atoms with Crippen molar-refractivity contribution in [1.29, 1.82) is 0 Å².